The first kappa shape index (κ1) is 19.9. The van der Waals surface area contributed by atoms with E-state index in [0.717, 1.165) is 40.8 Å². The highest BCUT2D eigenvalue weighted by Crippen LogP contribution is 2.25. The molecule has 0 heterocycles. The molecule has 0 aromatic heterocycles. The number of carbonyl (C=O) groups is 1. The van der Waals surface area contributed by atoms with Crippen molar-refractivity contribution in [3.63, 3.8) is 0 Å². The molecule has 0 fully saturated rings. The molecule has 144 valence electrons. The van der Waals surface area contributed by atoms with Gasteiger partial charge < -0.3 is 10.1 Å². The first-order valence-electron chi connectivity index (χ1n) is 8.63. The van der Waals surface area contributed by atoms with Crippen LogP contribution < -0.4 is 10.1 Å². The van der Waals surface area contributed by atoms with Gasteiger partial charge in [-0.25, -0.2) is 8.78 Å². The maximum Gasteiger partial charge on any atom is 0.231 e. The minimum Gasteiger partial charge on any atom is -0.497 e. The van der Waals surface area contributed by atoms with Gasteiger partial charge >= 0.3 is 0 Å². The number of rotatable bonds is 7. The molecule has 3 aromatic carbocycles. The largest absolute Gasteiger partial charge is 0.497 e. The van der Waals surface area contributed by atoms with Crippen LogP contribution in [0.25, 0.3) is 0 Å². The highest BCUT2D eigenvalue weighted by atomic mass is 32.2. The third-order valence-corrected chi connectivity index (χ3v) is 5.14. The summed E-state index contributed by atoms with van der Waals surface area (Å²) in [7, 11) is 1.60. The summed E-state index contributed by atoms with van der Waals surface area (Å²) >= 11 is 1.15. The lowest BCUT2D eigenvalue weighted by Gasteiger charge is -2.20. The van der Waals surface area contributed by atoms with E-state index < -0.39 is 11.6 Å². The van der Waals surface area contributed by atoms with Gasteiger partial charge in [0.05, 0.1) is 18.9 Å². The number of methoxy groups -OCH3 is 1. The maximum absolute atomic E-state index is 13.3. The number of nitrogens with one attached hydrogen (secondary N) is 1. The molecule has 0 bridgehead atoms. The van der Waals surface area contributed by atoms with Gasteiger partial charge in [0.2, 0.25) is 5.91 Å². The molecule has 0 spiro atoms. The summed E-state index contributed by atoms with van der Waals surface area (Å²) in [6.45, 7) is 0. The summed E-state index contributed by atoms with van der Waals surface area (Å²) < 4.78 is 31.5. The molecule has 3 rings (SSSR count). The smallest absolute Gasteiger partial charge is 0.231 e. The Balaban J connectivity index is 1.73. The van der Waals surface area contributed by atoms with Gasteiger partial charge in [0.15, 0.2) is 11.6 Å². The Morgan fingerprint density at radius 2 is 1.64 bits per heavy atom. The van der Waals surface area contributed by atoms with Gasteiger partial charge in [0, 0.05) is 4.90 Å². The van der Waals surface area contributed by atoms with E-state index in [4.69, 9.17) is 4.74 Å². The third kappa shape index (κ3) is 5.10. The summed E-state index contributed by atoms with van der Waals surface area (Å²) in [6, 6.07) is 20.4. The third-order valence-electron chi connectivity index (χ3n) is 4.15. The van der Waals surface area contributed by atoms with Crippen LogP contribution in [0.5, 0.6) is 5.75 Å². The standard InChI is InChI=1S/C22H19F2NO2S/c1-27-17-9-7-16(8-10-17)22(15-5-3-2-4-6-15)25-21(26)14-28-18-11-12-19(23)20(24)13-18/h2-13,22H,14H2,1H3,(H,25,26)/t22-/m0/s1. The Bertz CT molecular complexity index is 933. The number of carbonyl (C=O) groups excluding carboxylic acids is 1. The van der Waals surface area contributed by atoms with E-state index >= 15 is 0 Å². The minimum atomic E-state index is -0.925. The SMILES string of the molecule is COc1ccc([C@@H](NC(=O)CSc2ccc(F)c(F)c2)c2ccccc2)cc1. The zero-order chi connectivity index (χ0) is 19.9. The van der Waals surface area contributed by atoms with Crippen molar-refractivity contribution in [2.45, 2.75) is 10.9 Å². The van der Waals surface area contributed by atoms with Crippen molar-refractivity contribution in [1.82, 2.24) is 5.32 Å². The lowest BCUT2D eigenvalue weighted by atomic mass is 9.98. The topological polar surface area (TPSA) is 38.3 Å². The zero-order valence-electron chi connectivity index (χ0n) is 15.2. The van der Waals surface area contributed by atoms with Gasteiger partial charge in [0.25, 0.3) is 0 Å². The van der Waals surface area contributed by atoms with Gasteiger partial charge in [-0.3, -0.25) is 4.79 Å². The molecule has 0 saturated heterocycles. The number of ether oxygens (including phenoxy) is 1. The van der Waals surface area contributed by atoms with Crippen molar-refractivity contribution in [3.8, 4) is 5.75 Å². The molecule has 3 nitrogen and oxygen atoms in total. The van der Waals surface area contributed by atoms with Crippen molar-refractivity contribution in [3.05, 3.63) is 95.6 Å². The quantitative estimate of drug-likeness (QED) is 0.570. The molecule has 0 radical (unpaired) electrons. The molecule has 3 aromatic rings. The van der Waals surface area contributed by atoms with Crippen LogP contribution in [0.4, 0.5) is 8.78 Å². The number of amides is 1. The van der Waals surface area contributed by atoms with E-state index in [-0.39, 0.29) is 17.7 Å². The molecule has 0 aliphatic rings. The summed E-state index contributed by atoms with van der Waals surface area (Å²) in [5.74, 6) is -1.22. The van der Waals surface area contributed by atoms with E-state index in [2.05, 4.69) is 5.32 Å². The number of thioether (sulfide) groups is 1. The van der Waals surface area contributed by atoms with Crippen LogP contribution in [0, 0.1) is 11.6 Å². The lowest BCUT2D eigenvalue weighted by Crippen LogP contribution is -2.30. The fraction of sp³-hybridized carbons (Fsp3) is 0.136. The summed E-state index contributed by atoms with van der Waals surface area (Å²) in [6.07, 6.45) is 0. The molecular formula is C22H19F2NO2S. The molecule has 28 heavy (non-hydrogen) atoms. The fourth-order valence-electron chi connectivity index (χ4n) is 2.72. The van der Waals surface area contributed by atoms with Crippen LogP contribution in [-0.2, 0) is 4.79 Å². The normalized spacial score (nSPS) is 11.7. The van der Waals surface area contributed by atoms with Gasteiger partial charge in [-0.15, -0.1) is 11.8 Å². The number of hydrogen-bond donors (Lipinski definition) is 1. The Labute approximate surface area is 166 Å². The number of halogens is 2. The van der Waals surface area contributed by atoms with Crippen LogP contribution in [0.15, 0.2) is 77.7 Å². The van der Waals surface area contributed by atoms with E-state index in [1.807, 2.05) is 54.6 Å². The molecule has 6 heteroatoms. The minimum absolute atomic E-state index is 0.0879. The molecule has 1 amide bonds. The van der Waals surface area contributed by atoms with Crippen LogP contribution >= 0.6 is 11.8 Å². The second-order valence-electron chi connectivity index (χ2n) is 6.05. The fourth-order valence-corrected chi connectivity index (χ4v) is 3.45. The van der Waals surface area contributed by atoms with Crippen molar-refractivity contribution in [2.24, 2.45) is 0 Å². The molecule has 0 aliphatic carbocycles. The average molecular weight is 399 g/mol. The van der Waals surface area contributed by atoms with E-state index in [1.54, 1.807) is 7.11 Å². The van der Waals surface area contributed by atoms with Crippen molar-refractivity contribution < 1.29 is 18.3 Å². The van der Waals surface area contributed by atoms with Crippen LogP contribution in [0.2, 0.25) is 0 Å². The molecule has 1 N–H and O–H groups in total. The first-order valence-corrected chi connectivity index (χ1v) is 9.61. The molecule has 1 atom stereocenters. The Morgan fingerprint density at radius 3 is 2.29 bits per heavy atom. The van der Waals surface area contributed by atoms with Gasteiger partial charge in [0.1, 0.15) is 5.75 Å². The van der Waals surface area contributed by atoms with Crippen LogP contribution in [-0.4, -0.2) is 18.8 Å². The van der Waals surface area contributed by atoms with Crippen molar-refractivity contribution >= 4 is 17.7 Å². The average Bonchev–Trinajstić information content (AvgIpc) is 2.73. The van der Waals surface area contributed by atoms with Crippen LogP contribution in [0.1, 0.15) is 17.2 Å². The monoisotopic (exact) mass is 399 g/mol. The highest BCUT2D eigenvalue weighted by molar-refractivity contribution is 8.00. The van der Waals surface area contributed by atoms with Gasteiger partial charge in [-0.05, 0) is 41.5 Å². The molecule has 0 aliphatic heterocycles. The summed E-state index contributed by atoms with van der Waals surface area (Å²) in [4.78, 5) is 13.0. The summed E-state index contributed by atoms with van der Waals surface area (Å²) in [5, 5.41) is 3.01. The summed E-state index contributed by atoms with van der Waals surface area (Å²) in [5.41, 5.74) is 1.86. The van der Waals surface area contributed by atoms with Gasteiger partial charge in [-0.2, -0.15) is 0 Å². The van der Waals surface area contributed by atoms with Crippen molar-refractivity contribution in [1.29, 1.82) is 0 Å². The first-order chi connectivity index (χ1) is 13.6. The molecule has 0 unspecified atom stereocenters. The lowest BCUT2D eigenvalue weighted by molar-refractivity contribution is -0.119. The van der Waals surface area contributed by atoms with E-state index in [1.165, 1.54) is 6.07 Å². The predicted molar refractivity (Wildman–Crippen MR) is 107 cm³/mol. The molecular weight excluding hydrogens is 380 g/mol. The Kier molecular flexibility index (Phi) is 6.66. The van der Waals surface area contributed by atoms with E-state index in [9.17, 15) is 13.6 Å². The Morgan fingerprint density at radius 1 is 0.964 bits per heavy atom. The maximum atomic E-state index is 13.3. The van der Waals surface area contributed by atoms with Gasteiger partial charge in [-0.1, -0.05) is 42.5 Å². The Hall–Kier alpha value is -2.86. The second kappa shape index (κ2) is 9.37. The molecule has 0 saturated carbocycles. The van der Waals surface area contributed by atoms with Crippen LogP contribution in [0.3, 0.4) is 0 Å². The second-order valence-corrected chi connectivity index (χ2v) is 7.10. The number of benzene rings is 3. The highest BCUT2D eigenvalue weighted by Gasteiger charge is 2.17. The predicted octanol–water partition coefficient (Wildman–Crippen LogP) is 4.97. The zero-order valence-corrected chi connectivity index (χ0v) is 16.0. The van der Waals surface area contributed by atoms with Crippen molar-refractivity contribution in [2.75, 3.05) is 12.9 Å². The van der Waals surface area contributed by atoms with E-state index in [0.29, 0.717) is 4.90 Å². The number of hydrogen-bond acceptors (Lipinski definition) is 3.